The van der Waals surface area contributed by atoms with Gasteiger partial charge in [-0.25, -0.2) is 0 Å². The van der Waals surface area contributed by atoms with Crippen molar-refractivity contribution in [3.8, 4) is 27.9 Å². The largest absolute Gasteiger partial charge is 0.314 e. The molecule has 2 aliphatic rings. The molecule has 0 atom stereocenters. The number of allylic oxidation sites excluding steroid dienone is 10. The zero-order valence-corrected chi connectivity index (χ0v) is 45.4. The van der Waals surface area contributed by atoms with E-state index in [1.54, 1.807) is 0 Å². The molecule has 13 rings (SSSR count). The molecule has 0 fully saturated rings. The predicted molar refractivity (Wildman–Crippen MR) is 337 cm³/mol. The van der Waals surface area contributed by atoms with Crippen LogP contribution in [0.4, 0.5) is 11.4 Å². The Morgan fingerprint density at radius 3 is 1.74 bits per heavy atom. The molecule has 0 unspecified atom stereocenters. The summed E-state index contributed by atoms with van der Waals surface area (Å²) in [6.45, 7) is 10.1. The second kappa shape index (κ2) is 22.9. The van der Waals surface area contributed by atoms with Gasteiger partial charge in [0.25, 0.3) is 0 Å². The third-order valence-electron chi connectivity index (χ3n) is 15.3. The van der Waals surface area contributed by atoms with Crippen LogP contribution >= 0.6 is 0 Å². The first kappa shape index (κ1) is 50.9. The average Bonchev–Trinajstić information content (AvgIpc) is 4.23. The van der Waals surface area contributed by atoms with E-state index in [0.29, 0.717) is 0 Å². The van der Waals surface area contributed by atoms with Crippen LogP contribution in [0.25, 0.3) is 71.7 Å². The highest BCUT2D eigenvalue weighted by Crippen LogP contribution is 2.51. The fourth-order valence-electron chi connectivity index (χ4n) is 11.9. The molecule has 1 aromatic heterocycles. The van der Waals surface area contributed by atoms with E-state index in [2.05, 4.69) is 302 Å². The SMILES string of the molecule is C/C=C\C=C/C1=CC(c2ccccc2)(c2ccccc2)c2ccc(-n3c4ccccc4c4ccc(-c5ccccc5-c5ccc(N(C6=CC=C(c7ccccc7)CC6)c6cccc7ccccc67)cc5)cc43)cc21.CC.CC. The normalized spacial score (nSPS) is 13.6. The van der Waals surface area contributed by atoms with Crippen LogP contribution in [-0.4, -0.2) is 4.57 Å². The summed E-state index contributed by atoms with van der Waals surface area (Å²) >= 11 is 0. The fraction of sp³-hybridized carbons (Fsp3) is 0.105. The Bertz CT molecular complexity index is 4010. The zero-order chi connectivity index (χ0) is 53.4. The molecular weight excluding hydrogens is 941 g/mol. The third-order valence-corrected chi connectivity index (χ3v) is 15.3. The van der Waals surface area contributed by atoms with Crippen LogP contribution in [0.15, 0.2) is 291 Å². The van der Waals surface area contributed by atoms with Crippen molar-refractivity contribution in [2.75, 3.05) is 4.90 Å². The lowest BCUT2D eigenvalue weighted by Crippen LogP contribution is -2.25. The van der Waals surface area contributed by atoms with Crippen LogP contribution in [0.2, 0.25) is 0 Å². The van der Waals surface area contributed by atoms with Gasteiger partial charge in [-0.3, -0.25) is 0 Å². The minimum Gasteiger partial charge on any atom is -0.314 e. The Balaban J connectivity index is 0.00000158. The number of benzene rings is 10. The maximum atomic E-state index is 2.48. The van der Waals surface area contributed by atoms with Crippen molar-refractivity contribution in [2.45, 2.75) is 52.9 Å². The number of hydrogen-bond acceptors (Lipinski definition) is 1. The Morgan fingerprint density at radius 1 is 0.449 bits per heavy atom. The number of rotatable bonds is 11. The minimum atomic E-state index is -0.451. The quantitative estimate of drug-likeness (QED) is 0.117. The van der Waals surface area contributed by atoms with Crippen LogP contribution in [0, 0.1) is 0 Å². The van der Waals surface area contributed by atoms with E-state index in [4.69, 9.17) is 0 Å². The maximum absolute atomic E-state index is 2.48. The van der Waals surface area contributed by atoms with Gasteiger partial charge in [-0.1, -0.05) is 264 Å². The molecule has 78 heavy (non-hydrogen) atoms. The molecular formula is C76H66N2. The number of nitrogens with zero attached hydrogens (tertiary/aromatic N) is 2. The van der Waals surface area contributed by atoms with Crippen LogP contribution < -0.4 is 4.90 Å². The van der Waals surface area contributed by atoms with Gasteiger partial charge in [0, 0.05) is 33.2 Å². The number of anilines is 2. The molecule has 2 aliphatic carbocycles. The van der Waals surface area contributed by atoms with E-state index in [9.17, 15) is 0 Å². The van der Waals surface area contributed by atoms with E-state index in [1.165, 1.54) is 105 Å². The van der Waals surface area contributed by atoms with Gasteiger partial charge in [0.15, 0.2) is 0 Å². The van der Waals surface area contributed by atoms with E-state index in [-0.39, 0.29) is 0 Å². The maximum Gasteiger partial charge on any atom is 0.0647 e. The molecule has 380 valence electrons. The van der Waals surface area contributed by atoms with Gasteiger partial charge in [0.05, 0.1) is 22.1 Å². The molecule has 2 heteroatoms. The van der Waals surface area contributed by atoms with Gasteiger partial charge < -0.3 is 9.47 Å². The Labute approximate surface area is 461 Å². The Hall–Kier alpha value is -9.24. The highest BCUT2D eigenvalue weighted by atomic mass is 15.1. The van der Waals surface area contributed by atoms with Crippen molar-refractivity contribution in [3.05, 3.63) is 319 Å². The van der Waals surface area contributed by atoms with Crippen molar-refractivity contribution in [1.29, 1.82) is 0 Å². The van der Waals surface area contributed by atoms with Gasteiger partial charge in [0.2, 0.25) is 0 Å². The number of aromatic nitrogens is 1. The smallest absolute Gasteiger partial charge is 0.0647 e. The Morgan fingerprint density at radius 2 is 1.05 bits per heavy atom. The minimum absolute atomic E-state index is 0.451. The van der Waals surface area contributed by atoms with E-state index in [0.717, 1.165) is 24.2 Å². The summed E-state index contributed by atoms with van der Waals surface area (Å²) in [6, 6.07) is 89.3. The number of fused-ring (bicyclic) bond motifs is 5. The number of para-hydroxylation sites is 1. The van der Waals surface area contributed by atoms with Crippen molar-refractivity contribution in [2.24, 2.45) is 0 Å². The molecule has 0 bridgehead atoms. The van der Waals surface area contributed by atoms with Crippen LogP contribution in [0.3, 0.4) is 0 Å². The molecule has 0 saturated heterocycles. The summed E-state index contributed by atoms with van der Waals surface area (Å²) in [5, 5.41) is 4.94. The summed E-state index contributed by atoms with van der Waals surface area (Å²) < 4.78 is 2.48. The monoisotopic (exact) mass is 1010 g/mol. The third kappa shape index (κ3) is 9.35. The first-order chi connectivity index (χ1) is 38.7. The van der Waals surface area contributed by atoms with E-state index in [1.807, 2.05) is 27.7 Å². The van der Waals surface area contributed by atoms with Gasteiger partial charge in [0.1, 0.15) is 0 Å². The fourth-order valence-corrected chi connectivity index (χ4v) is 11.9. The van der Waals surface area contributed by atoms with Crippen molar-refractivity contribution >= 4 is 55.1 Å². The van der Waals surface area contributed by atoms with Crippen molar-refractivity contribution in [1.82, 2.24) is 4.57 Å². The van der Waals surface area contributed by atoms with Gasteiger partial charge in [-0.15, -0.1) is 0 Å². The number of hydrogen-bond donors (Lipinski definition) is 0. The van der Waals surface area contributed by atoms with Crippen LogP contribution in [-0.2, 0) is 5.41 Å². The second-order valence-electron chi connectivity index (χ2n) is 19.5. The molecule has 0 radical (unpaired) electrons. The highest BCUT2D eigenvalue weighted by molar-refractivity contribution is 6.11. The Kier molecular flexibility index (Phi) is 15.0. The van der Waals surface area contributed by atoms with E-state index >= 15 is 0 Å². The molecule has 10 aromatic carbocycles. The molecule has 0 N–H and O–H groups in total. The summed E-state index contributed by atoms with van der Waals surface area (Å²) in [4.78, 5) is 2.47. The molecule has 0 amide bonds. The van der Waals surface area contributed by atoms with Crippen molar-refractivity contribution in [3.63, 3.8) is 0 Å². The topological polar surface area (TPSA) is 8.17 Å². The average molecular weight is 1010 g/mol. The summed E-state index contributed by atoms with van der Waals surface area (Å²) in [5.41, 5.74) is 20.3. The summed E-state index contributed by atoms with van der Waals surface area (Å²) in [7, 11) is 0. The van der Waals surface area contributed by atoms with Gasteiger partial charge in [-0.05, 0) is 135 Å². The molecule has 0 saturated carbocycles. The lowest BCUT2D eigenvalue weighted by atomic mass is 9.71. The zero-order valence-electron chi connectivity index (χ0n) is 45.4. The molecule has 1 heterocycles. The predicted octanol–water partition coefficient (Wildman–Crippen LogP) is 21.1. The lowest BCUT2D eigenvalue weighted by molar-refractivity contribution is 0.793. The molecule has 0 aliphatic heterocycles. The first-order valence-corrected chi connectivity index (χ1v) is 27.9. The standard InChI is InChI=1S/C72H54N2.2C2H6/c1-2-3-7-24-56-50-72(57-26-10-5-11-27-57,58-28-12-6-13-29-58)68-47-45-61(49-67(56)68)74-70-34-19-18-33-65(70)66-46-40-55(48-71(66)74)63-31-17-16-30-62(63)54-38-43-60(44-39-54)73(69-35-20-25-53-23-14-15-32-64(53)69)59-41-36-52(37-42-59)51-21-8-4-9-22-51;2*1-2/h2-36,38-41,43-50H,37,42H2,1H3;2*1-2H3/b3-2-,24-7-;;. The molecule has 0 spiro atoms. The molecule has 11 aromatic rings. The van der Waals surface area contributed by atoms with E-state index < -0.39 is 5.41 Å². The molecule has 2 nitrogen and oxygen atoms in total. The highest BCUT2D eigenvalue weighted by Gasteiger charge is 2.41. The summed E-state index contributed by atoms with van der Waals surface area (Å²) in [6.07, 6.45) is 17.7. The van der Waals surface area contributed by atoms with Gasteiger partial charge in [-0.2, -0.15) is 0 Å². The van der Waals surface area contributed by atoms with Crippen LogP contribution in [0.5, 0.6) is 0 Å². The summed E-state index contributed by atoms with van der Waals surface area (Å²) in [5.74, 6) is 0. The lowest BCUT2D eigenvalue weighted by Gasteiger charge is -2.31. The van der Waals surface area contributed by atoms with Crippen molar-refractivity contribution < 1.29 is 0 Å². The van der Waals surface area contributed by atoms with Crippen LogP contribution in [0.1, 0.15) is 75.3 Å². The van der Waals surface area contributed by atoms with Gasteiger partial charge >= 0.3 is 0 Å². The first-order valence-electron chi connectivity index (χ1n) is 27.9. The second-order valence-corrected chi connectivity index (χ2v) is 19.5.